The monoisotopic (exact) mass is 360 g/mol. The number of rotatable bonds is 5. The molecular weight excluding hydrogens is 344 g/mol. The van der Waals surface area contributed by atoms with Crippen molar-refractivity contribution in [3.63, 3.8) is 0 Å². The second kappa shape index (κ2) is 7.75. The van der Waals surface area contributed by atoms with Gasteiger partial charge in [-0.3, -0.25) is 4.79 Å². The summed E-state index contributed by atoms with van der Waals surface area (Å²) in [6.07, 6.45) is 0.279. The van der Waals surface area contributed by atoms with Crippen LogP contribution < -0.4 is 10.2 Å². The van der Waals surface area contributed by atoms with Crippen LogP contribution in [0.15, 0.2) is 58.1 Å². The second-order valence-corrected chi connectivity index (χ2v) is 5.68. The predicted octanol–water partition coefficient (Wildman–Crippen LogP) is 3.54. The highest BCUT2D eigenvalue weighted by atomic mass is 79.9. The summed E-state index contributed by atoms with van der Waals surface area (Å²) in [6.45, 7) is 1.86. The molecule has 5 heteroatoms. The van der Waals surface area contributed by atoms with E-state index >= 15 is 0 Å². The fraction of sp³-hybridized carbons (Fsp3) is 0.176. The van der Waals surface area contributed by atoms with Gasteiger partial charge in [0.1, 0.15) is 5.75 Å². The topological polar surface area (TPSA) is 50.7 Å². The van der Waals surface area contributed by atoms with E-state index in [9.17, 15) is 4.79 Å². The van der Waals surface area contributed by atoms with E-state index in [4.69, 9.17) is 4.74 Å². The standard InChI is InChI=1S/C17H17BrN2O2/c1-12(14-5-7-15(18)8-6-14)19-20-17(21)11-13-3-9-16(22-2)10-4-13/h3-10H,11H2,1-2H3,(H,20,21)/b19-12+. The van der Waals surface area contributed by atoms with Gasteiger partial charge in [-0.25, -0.2) is 5.43 Å². The van der Waals surface area contributed by atoms with Crippen LogP contribution in [0.25, 0.3) is 0 Å². The number of nitrogens with zero attached hydrogens (tertiary/aromatic N) is 1. The molecule has 0 fully saturated rings. The van der Waals surface area contributed by atoms with Gasteiger partial charge < -0.3 is 4.74 Å². The number of carbonyl (C=O) groups is 1. The Labute approximate surface area is 138 Å². The molecule has 22 heavy (non-hydrogen) atoms. The summed E-state index contributed by atoms with van der Waals surface area (Å²) in [5, 5.41) is 4.13. The van der Waals surface area contributed by atoms with Crippen LogP contribution in [0, 0.1) is 0 Å². The van der Waals surface area contributed by atoms with Gasteiger partial charge in [0, 0.05) is 4.47 Å². The Bertz CT molecular complexity index is 664. The van der Waals surface area contributed by atoms with E-state index < -0.39 is 0 Å². The number of nitrogens with one attached hydrogen (secondary N) is 1. The molecule has 0 bridgehead atoms. The van der Waals surface area contributed by atoms with Crippen molar-refractivity contribution in [3.8, 4) is 5.75 Å². The van der Waals surface area contributed by atoms with Crippen LogP contribution in [0.2, 0.25) is 0 Å². The van der Waals surface area contributed by atoms with Crippen molar-refractivity contribution in [1.29, 1.82) is 0 Å². The third-order valence-corrected chi connectivity index (χ3v) is 3.66. The van der Waals surface area contributed by atoms with Gasteiger partial charge in [-0.05, 0) is 42.3 Å². The van der Waals surface area contributed by atoms with Crippen LogP contribution in [-0.2, 0) is 11.2 Å². The lowest BCUT2D eigenvalue weighted by molar-refractivity contribution is -0.120. The average molecular weight is 361 g/mol. The van der Waals surface area contributed by atoms with E-state index in [2.05, 4.69) is 26.5 Å². The van der Waals surface area contributed by atoms with Crippen molar-refractivity contribution in [2.24, 2.45) is 5.10 Å². The molecule has 1 amide bonds. The molecule has 0 saturated heterocycles. The summed E-state index contributed by atoms with van der Waals surface area (Å²) in [5.74, 6) is 0.620. The SMILES string of the molecule is COc1ccc(CC(=O)N/N=C(\C)c2ccc(Br)cc2)cc1. The summed E-state index contributed by atoms with van der Waals surface area (Å²) >= 11 is 3.39. The Hall–Kier alpha value is -2.14. The largest absolute Gasteiger partial charge is 0.497 e. The maximum Gasteiger partial charge on any atom is 0.244 e. The number of amides is 1. The highest BCUT2D eigenvalue weighted by Gasteiger charge is 2.04. The van der Waals surface area contributed by atoms with Gasteiger partial charge in [0.25, 0.3) is 0 Å². The van der Waals surface area contributed by atoms with Crippen molar-refractivity contribution in [2.75, 3.05) is 7.11 Å². The average Bonchev–Trinajstić information content (AvgIpc) is 2.54. The van der Waals surface area contributed by atoms with Crippen LogP contribution in [0.4, 0.5) is 0 Å². The third kappa shape index (κ3) is 4.70. The van der Waals surface area contributed by atoms with E-state index in [1.807, 2.05) is 55.5 Å². The highest BCUT2D eigenvalue weighted by Crippen LogP contribution is 2.12. The summed E-state index contributed by atoms with van der Waals surface area (Å²) in [5.41, 5.74) is 5.22. The van der Waals surface area contributed by atoms with E-state index in [0.717, 1.165) is 27.1 Å². The number of ether oxygens (including phenoxy) is 1. The van der Waals surface area contributed by atoms with Gasteiger partial charge in [-0.15, -0.1) is 0 Å². The first-order chi connectivity index (χ1) is 10.6. The van der Waals surface area contributed by atoms with Crippen LogP contribution in [-0.4, -0.2) is 18.7 Å². The minimum atomic E-state index is -0.151. The normalized spacial score (nSPS) is 11.1. The third-order valence-electron chi connectivity index (χ3n) is 3.13. The Morgan fingerprint density at radius 1 is 1.14 bits per heavy atom. The minimum Gasteiger partial charge on any atom is -0.497 e. The summed E-state index contributed by atoms with van der Waals surface area (Å²) in [7, 11) is 1.61. The molecule has 2 aromatic rings. The van der Waals surface area contributed by atoms with Crippen molar-refractivity contribution < 1.29 is 9.53 Å². The van der Waals surface area contributed by atoms with E-state index in [1.54, 1.807) is 7.11 Å². The minimum absolute atomic E-state index is 0.151. The van der Waals surface area contributed by atoms with Gasteiger partial charge in [-0.1, -0.05) is 40.2 Å². The molecular formula is C17H17BrN2O2. The van der Waals surface area contributed by atoms with Gasteiger partial charge >= 0.3 is 0 Å². The van der Waals surface area contributed by atoms with Crippen molar-refractivity contribution in [2.45, 2.75) is 13.3 Å². The fourth-order valence-corrected chi connectivity index (χ4v) is 2.13. The van der Waals surface area contributed by atoms with Crippen LogP contribution in [0.1, 0.15) is 18.1 Å². The summed E-state index contributed by atoms with van der Waals surface area (Å²) in [4.78, 5) is 11.9. The Morgan fingerprint density at radius 3 is 2.36 bits per heavy atom. The summed E-state index contributed by atoms with van der Waals surface area (Å²) in [6, 6.07) is 15.2. The fourth-order valence-electron chi connectivity index (χ4n) is 1.87. The Balaban J connectivity index is 1.93. The number of hydrogen-bond donors (Lipinski definition) is 1. The number of carbonyl (C=O) groups excluding carboxylic acids is 1. The molecule has 2 aromatic carbocycles. The maximum atomic E-state index is 11.9. The zero-order valence-corrected chi connectivity index (χ0v) is 14.1. The lowest BCUT2D eigenvalue weighted by Gasteiger charge is -2.04. The van der Waals surface area contributed by atoms with Crippen molar-refractivity contribution >= 4 is 27.5 Å². The van der Waals surface area contributed by atoms with Gasteiger partial charge in [-0.2, -0.15) is 5.10 Å². The molecule has 0 spiro atoms. The molecule has 0 unspecified atom stereocenters. The predicted molar refractivity (Wildman–Crippen MR) is 91.2 cm³/mol. The van der Waals surface area contributed by atoms with E-state index in [1.165, 1.54) is 0 Å². The van der Waals surface area contributed by atoms with E-state index in [-0.39, 0.29) is 12.3 Å². The smallest absolute Gasteiger partial charge is 0.244 e. The van der Waals surface area contributed by atoms with Gasteiger partial charge in [0.15, 0.2) is 0 Å². The number of halogens is 1. The highest BCUT2D eigenvalue weighted by molar-refractivity contribution is 9.10. The molecule has 1 N–H and O–H groups in total. The molecule has 0 saturated carbocycles. The molecule has 0 radical (unpaired) electrons. The molecule has 0 aliphatic carbocycles. The second-order valence-electron chi connectivity index (χ2n) is 4.76. The maximum absolute atomic E-state index is 11.9. The molecule has 4 nitrogen and oxygen atoms in total. The number of benzene rings is 2. The van der Waals surface area contributed by atoms with Gasteiger partial charge in [0.05, 0.1) is 19.2 Å². The first-order valence-corrected chi connectivity index (χ1v) is 7.60. The molecule has 0 aliphatic heterocycles. The zero-order chi connectivity index (χ0) is 15.9. The first kappa shape index (κ1) is 16.2. The lowest BCUT2D eigenvalue weighted by Crippen LogP contribution is -2.21. The van der Waals surface area contributed by atoms with Crippen LogP contribution in [0.5, 0.6) is 5.75 Å². The lowest BCUT2D eigenvalue weighted by atomic mass is 10.1. The zero-order valence-electron chi connectivity index (χ0n) is 12.5. The van der Waals surface area contributed by atoms with Crippen LogP contribution >= 0.6 is 15.9 Å². The molecule has 0 aromatic heterocycles. The van der Waals surface area contributed by atoms with Crippen LogP contribution in [0.3, 0.4) is 0 Å². The number of hydrazone groups is 1. The molecule has 2 rings (SSSR count). The van der Waals surface area contributed by atoms with E-state index in [0.29, 0.717) is 0 Å². The van der Waals surface area contributed by atoms with Crippen molar-refractivity contribution in [3.05, 3.63) is 64.1 Å². The van der Waals surface area contributed by atoms with Crippen molar-refractivity contribution in [1.82, 2.24) is 5.43 Å². The Kier molecular flexibility index (Phi) is 5.72. The molecule has 0 atom stereocenters. The molecule has 0 heterocycles. The van der Waals surface area contributed by atoms with Gasteiger partial charge in [0.2, 0.25) is 5.91 Å². The first-order valence-electron chi connectivity index (χ1n) is 6.80. The number of hydrogen-bond acceptors (Lipinski definition) is 3. The summed E-state index contributed by atoms with van der Waals surface area (Å²) < 4.78 is 6.09. The quantitative estimate of drug-likeness (QED) is 0.654. The number of methoxy groups -OCH3 is 1. The Morgan fingerprint density at radius 2 is 1.77 bits per heavy atom. The molecule has 0 aliphatic rings. The molecule has 114 valence electrons.